The van der Waals surface area contributed by atoms with E-state index in [9.17, 15) is 22.0 Å². The standard InChI is InChI=1S/C10H13F5N2O/c1-9(2,3)17-8(18-5-7(11)12)4-6(16-17)10(13,14)15/h4,7H,5H2,1-3H3. The quantitative estimate of drug-likeness (QED) is 0.789. The number of ether oxygens (including phenoxy) is 1. The first-order valence-corrected chi connectivity index (χ1v) is 5.10. The molecular weight excluding hydrogens is 259 g/mol. The summed E-state index contributed by atoms with van der Waals surface area (Å²) in [5.41, 5.74) is -1.97. The van der Waals surface area contributed by atoms with Crippen molar-refractivity contribution in [2.75, 3.05) is 6.61 Å². The van der Waals surface area contributed by atoms with E-state index in [1.165, 1.54) is 0 Å². The van der Waals surface area contributed by atoms with Gasteiger partial charge in [0.2, 0.25) is 5.88 Å². The molecule has 0 aliphatic heterocycles. The average molecular weight is 272 g/mol. The molecule has 3 nitrogen and oxygen atoms in total. The Kier molecular flexibility index (Phi) is 3.87. The summed E-state index contributed by atoms with van der Waals surface area (Å²) in [7, 11) is 0. The second-order valence-electron chi connectivity index (χ2n) is 4.65. The zero-order valence-electron chi connectivity index (χ0n) is 10.1. The van der Waals surface area contributed by atoms with Crippen LogP contribution in [-0.2, 0) is 11.7 Å². The maximum atomic E-state index is 12.5. The zero-order chi connectivity index (χ0) is 14.1. The molecule has 18 heavy (non-hydrogen) atoms. The van der Waals surface area contributed by atoms with Crippen molar-refractivity contribution < 1.29 is 26.7 Å². The van der Waals surface area contributed by atoms with Gasteiger partial charge in [-0.05, 0) is 20.8 Å². The van der Waals surface area contributed by atoms with Crippen LogP contribution < -0.4 is 4.74 Å². The SMILES string of the molecule is CC(C)(C)n1nc(C(F)(F)F)cc1OCC(F)F. The molecule has 0 bridgehead atoms. The van der Waals surface area contributed by atoms with E-state index in [0.717, 1.165) is 4.68 Å². The third-order valence-corrected chi connectivity index (χ3v) is 1.96. The minimum atomic E-state index is -4.64. The third kappa shape index (κ3) is 3.58. The van der Waals surface area contributed by atoms with Crippen LogP contribution in [0.25, 0.3) is 0 Å². The summed E-state index contributed by atoms with van der Waals surface area (Å²) in [6.07, 6.45) is -7.40. The van der Waals surface area contributed by atoms with Gasteiger partial charge in [0.25, 0.3) is 6.43 Å². The highest BCUT2D eigenvalue weighted by molar-refractivity contribution is 5.20. The molecule has 0 radical (unpaired) electrons. The van der Waals surface area contributed by atoms with E-state index in [1.54, 1.807) is 20.8 Å². The number of hydrogen-bond acceptors (Lipinski definition) is 2. The molecular formula is C10H13F5N2O. The van der Waals surface area contributed by atoms with Gasteiger partial charge in [-0.1, -0.05) is 0 Å². The van der Waals surface area contributed by atoms with Gasteiger partial charge in [0.15, 0.2) is 12.3 Å². The Morgan fingerprint density at radius 2 is 1.83 bits per heavy atom. The molecule has 1 aromatic heterocycles. The largest absolute Gasteiger partial charge is 0.472 e. The normalized spacial score (nSPS) is 13.2. The molecule has 104 valence electrons. The lowest BCUT2D eigenvalue weighted by molar-refractivity contribution is -0.141. The van der Waals surface area contributed by atoms with Crippen LogP contribution >= 0.6 is 0 Å². The van der Waals surface area contributed by atoms with Gasteiger partial charge in [-0.3, -0.25) is 0 Å². The van der Waals surface area contributed by atoms with E-state index in [0.29, 0.717) is 6.07 Å². The predicted molar refractivity (Wildman–Crippen MR) is 53.7 cm³/mol. The maximum absolute atomic E-state index is 12.5. The second-order valence-corrected chi connectivity index (χ2v) is 4.65. The van der Waals surface area contributed by atoms with Crippen LogP contribution in [0.2, 0.25) is 0 Å². The van der Waals surface area contributed by atoms with E-state index in [1.807, 2.05) is 0 Å². The van der Waals surface area contributed by atoms with Crippen LogP contribution in [0.3, 0.4) is 0 Å². The topological polar surface area (TPSA) is 27.1 Å². The molecule has 0 aromatic carbocycles. The van der Waals surface area contributed by atoms with Crippen LogP contribution in [-0.4, -0.2) is 22.8 Å². The fourth-order valence-electron chi connectivity index (χ4n) is 1.23. The lowest BCUT2D eigenvalue weighted by Gasteiger charge is -2.21. The van der Waals surface area contributed by atoms with Crippen LogP contribution in [0.1, 0.15) is 26.5 Å². The number of rotatable bonds is 3. The number of halogens is 5. The average Bonchev–Trinajstić information content (AvgIpc) is 2.56. The van der Waals surface area contributed by atoms with E-state index < -0.39 is 30.4 Å². The summed E-state index contributed by atoms with van der Waals surface area (Å²) in [5, 5.41) is 3.35. The molecule has 0 N–H and O–H groups in total. The Hall–Kier alpha value is -1.34. The van der Waals surface area contributed by atoms with Crippen molar-refractivity contribution >= 4 is 0 Å². The lowest BCUT2D eigenvalue weighted by atomic mass is 10.1. The zero-order valence-corrected chi connectivity index (χ0v) is 10.1. The molecule has 0 saturated carbocycles. The summed E-state index contributed by atoms with van der Waals surface area (Å²) in [5.74, 6) is -0.324. The number of aromatic nitrogens is 2. The van der Waals surface area contributed by atoms with Gasteiger partial charge in [-0.25, -0.2) is 13.5 Å². The van der Waals surface area contributed by atoms with Crippen molar-refractivity contribution in [3.05, 3.63) is 11.8 Å². The van der Waals surface area contributed by atoms with E-state index in [4.69, 9.17) is 0 Å². The van der Waals surface area contributed by atoms with Crippen LogP contribution in [0.5, 0.6) is 5.88 Å². The highest BCUT2D eigenvalue weighted by atomic mass is 19.4. The molecule has 0 amide bonds. The Labute approximate surface area is 101 Å². The second kappa shape index (κ2) is 4.74. The van der Waals surface area contributed by atoms with Crippen molar-refractivity contribution in [2.45, 2.75) is 38.9 Å². The van der Waals surface area contributed by atoms with Crippen molar-refractivity contribution in [2.24, 2.45) is 0 Å². The predicted octanol–water partition coefficient (Wildman–Crippen LogP) is 3.30. The van der Waals surface area contributed by atoms with Crippen LogP contribution in [0, 0.1) is 0 Å². The van der Waals surface area contributed by atoms with Crippen molar-refractivity contribution in [3.63, 3.8) is 0 Å². The first-order chi connectivity index (χ1) is 8.01. The van der Waals surface area contributed by atoms with Crippen LogP contribution in [0.4, 0.5) is 22.0 Å². The van der Waals surface area contributed by atoms with Gasteiger partial charge >= 0.3 is 6.18 Å². The molecule has 0 aliphatic carbocycles. The Balaban J connectivity index is 3.10. The van der Waals surface area contributed by atoms with Gasteiger partial charge in [-0.2, -0.15) is 18.3 Å². The molecule has 1 aromatic rings. The Bertz CT molecular complexity index is 405. The van der Waals surface area contributed by atoms with Gasteiger partial charge in [0.1, 0.15) is 0 Å². The molecule has 8 heteroatoms. The van der Waals surface area contributed by atoms with Gasteiger partial charge in [0.05, 0.1) is 5.54 Å². The number of nitrogens with zero attached hydrogens (tertiary/aromatic N) is 2. The highest BCUT2D eigenvalue weighted by Gasteiger charge is 2.37. The molecule has 0 spiro atoms. The monoisotopic (exact) mass is 272 g/mol. The third-order valence-electron chi connectivity index (χ3n) is 1.96. The molecule has 1 rings (SSSR count). The summed E-state index contributed by atoms with van der Waals surface area (Å²) >= 11 is 0. The summed E-state index contributed by atoms with van der Waals surface area (Å²) in [4.78, 5) is 0. The van der Waals surface area contributed by atoms with Crippen molar-refractivity contribution in [3.8, 4) is 5.88 Å². The molecule has 0 saturated heterocycles. The smallest absolute Gasteiger partial charge is 0.435 e. The van der Waals surface area contributed by atoms with Crippen molar-refractivity contribution in [1.29, 1.82) is 0 Å². The molecule has 0 aliphatic rings. The van der Waals surface area contributed by atoms with Crippen molar-refractivity contribution in [1.82, 2.24) is 9.78 Å². The van der Waals surface area contributed by atoms with Gasteiger partial charge in [-0.15, -0.1) is 0 Å². The maximum Gasteiger partial charge on any atom is 0.435 e. The molecule has 0 unspecified atom stereocenters. The van der Waals surface area contributed by atoms with Gasteiger partial charge < -0.3 is 4.74 Å². The molecule has 1 heterocycles. The summed E-state index contributed by atoms with van der Waals surface area (Å²) in [6.45, 7) is 3.80. The minimum Gasteiger partial charge on any atom is -0.472 e. The summed E-state index contributed by atoms with van der Waals surface area (Å²) in [6, 6.07) is 0.619. The number of alkyl halides is 5. The lowest BCUT2D eigenvalue weighted by Crippen LogP contribution is -2.25. The van der Waals surface area contributed by atoms with E-state index in [-0.39, 0.29) is 5.88 Å². The minimum absolute atomic E-state index is 0.324. The molecule has 0 atom stereocenters. The first-order valence-electron chi connectivity index (χ1n) is 5.10. The van der Waals surface area contributed by atoms with Gasteiger partial charge in [0, 0.05) is 6.07 Å². The molecule has 0 fully saturated rings. The van der Waals surface area contributed by atoms with E-state index >= 15 is 0 Å². The Morgan fingerprint density at radius 3 is 2.22 bits per heavy atom. The number of hydrogen-bond donors (Lipinski definition) is 0. The summed E-state index contributed by atoms with van der Waals surface area (Å²) < 4.78 is 67.1. The fraction of sp³-hybridized carbons (Fsp3) is 0.700. The van der Waals surface area contributed by atoms with E-state index in [2.05, 4.69) is 9.84 Å². The Morgan fingerprint density at radius 1 is 1.28 bits per heavy atom. The highest BCUT2D eigenvalue weighted by Crippen LogP contribution is 2.33. The first kappa shape index (κ1) is 14.7. The fourth-order valence-corrected chi connectivity index (χ4v) is 1.23. The van der Waals surface area contributed by atoms with Crippen LogP contribution in [0.15, 0.2) is 6.07 Å².